The van der Waals surface area contributed by atoms with Crippen molar-refractivity contribution in [1.82, 2.24) is 4.90 Å². The first-order valence-corrected chi connectivity index (χ1v) is 6.19. The van der Waals surface area contributed by atoms with Crippen LogP contribution in [0.25, 0.3) is 0 Å². The number of nitrogens with two attached hydrogens (primary N) is 1. The molecule has 1 aliphatic heterocycles. The van der Waals surface area contributed by atoms with Gasteiger partial charge in [-0.2, -0.15) is 0 Å². The van der Waals surface area contributed by atoms with Crippen molar-refractivity contribution in [3.8, 4) is 0 Å². The first-order chi connectivity index (χ1) is 8.70. The molecule has 0 aromatic rings. The summed E-state index contributed by atoms with van der Waals surface area (Å²) in [6.07, 6.45) is -0.544. The van der Waals surface area contributed by atoms with Crippen LogP contribution in [0, 0.1) is 5.41 Å². The van der Waals surface area contributed by atoms with Crippen LogP contribution in [0.15, 0.2) is 0 Å². The molecule has 1 atom stereocenters. The molecule has 19 heavy (non-hydrogen) atoms. The molecule has 1 unspecified atom stereocenters. The maximum atomic E-state index is 12.0. The van der Waals surface area contributed by atoms with Crippen molar-refractivity contribution >= 4 is 12.1 Å². The number of hydrogen-bond donors (Lipinski definition) is 2. The van der Waals surface area contributed by atoms with Gasteiger partial charge in [-0.25, -0.2) is 4.79 Å². The number of rotatable bonds is 2. The van der Waals surface area contributed by atoms with E-state index in [1.807, 2.05) is 0 Å². The molecule has 0 spiro atoms. The molecule has 0 bridgehead atoms. The summed E-state index contributed by atoms with van der Waals surface area (Å²) in [5.74, 6) is -1.06. The van der Waals surface area contributed by atoms with Crippen LogP contribution in [-0.2, 0) is 14.3 Å². The van der Waals surface area contributed by atoms with Crippen molar-refractivity contribution in [2.45, 2.75) is 26.4 Å². The van der Waals surface area contributed by atoms with Gasteiger partial charge >= 0.3 is 12.1 Å². The minimum atomic E-state index is -1.27. The number of nitrogens with zero attached hydrogens (tertiary/aromatic N) is 1. The van der Waals surface area contributed by atoms with Crippen LogP contribution >= 0.6 is 0 Å². The molecule has 0 aliphatic carbocycles. The molecule has 0 radical (unpaired) electrons. The molecule has 1 aliphatic rings. The number of carbonyl (C=O) groups excluding carboxylic acids is 1. The lowest BCUT2D eigenvalue weighted by Gasteiger charge is -2.31. The molecule has 1 fully saturated rings. The van der Waals surface area contributed by atoms with Gasteiger partial charge < -0.3 is 25.2 Å². The second-order valence-electron chi connectivity index (χ2n) is 5.74. The van der Waals surface area contributed by atoms with Crippen LogP contribution in [0.4, 0.5) is 4.79 Å². The lowest BCUT2D eigenvalue weighted by atomic mass is 9.89. The largest absolute Gasteiger partial charge is 0.481 e. The number of hydrogen-bond acceptors (Lipinski definition) is 5. The second kappa shape index (κ2) is 5.75. The highest BCUT2D eigenvalue weighted by molar-refractivity contribution is 5.77. The van der Waals surface area contributed by atoms with Crippen molar-refractivity contribution in [3.05, 3.63) is 0 Å². The number of carbonyl (C=O) groups is 2. The van der Waals surface area contributed by atoms with Crippen LogP contribution in [-0.4, -0.2) is 60.5 Å². The van der Waals surface area contributed by atoms with E-state index in [2.05, 4.69) is 0 Å². The summed E-state index contributed by atoms with van der Waals surface area (Å²) in [5.41, 5.74) is 3.66. The maximum Gasteiger partial charge on any atom is 0.410 e. The lowest BCUT2D eigenvalue weighted by molar-refractivity contribution is -0.151. The van der Waals surface area contributed by atoms with Gasteiger partial charge in [-0.05, 0) is 20.8 Å². The molecule has 1 heterocycles. The fourth-order valence-corrected chi connectivity index (χ4v) is 1.75. The third-order valence-corrected chi connectivity index (χ3v) is 2.87. The number of amides is 1. The van der Waals surface area contributed by atoms with E-state index in [0.717, 1.165) is 0 Å². The molecule has 1 amide bonds. The zero-order chi connectivity index (χ0) is 14.7. The van der Waals surface area contributed by atoms with Gasteiger partial charge in [-0.1, -0.05) is 0 Å². The maximum absolute atomic E-state index is 12.0. The van der Waals surface area contributed by atoms with Gasteiger partial charge in [-0.15, -0.1) is 0 Å². The third kappa shape index (κ3) is 4.07. The summed E-state index contributed by atoms with van der Waals surface area (Å²) < 4.78 is 10.5. The van der Waals surface area contributed by atoms with Crippen LogP contribution in [0.2, 0.25) is 0 Å². The highest BCUT2D eigenvalue weighted by Crippen LogP contribution is 2.23. The monoisotopic (exact) mass is 274 g/mol. The average Bonchev–Trinajstić information content (AvgIpc) is 2.49. The fourth-order valence-electron chi connectivity index (χ4n) is 1.75. The molecule has 3 N–H and O–H groups in total. The Balaban J connectivity index is 2.84. The van der Waals surface area contributed by atoms with E-state index in [9.17, 15) is 14.7 Å². The minimum absolute atomic E-state index is 0.00185. The zero-order valence-electron chi connectivity index (χ0n) is 11.6. The van der Waals surface area contributed by atoms with Crippen LogP contribution in [0.3, 0.4) is 0 Å². The molecule has 7 nitrogen and oxygen atoms in total. The normalized spacial score (nSPS) is 24.7. The van der Waals surface area contributed by atoms with E-state index < -0.39 is 23.1 Å². The smallest absolute Gasteiger partial charge is 0.410 e. The SMILES string of the molecule is CC(C)(C)OC(=O)N1CCOCC(CN)(C(=O)O)C1. The Kier molecular flexibility index (Phi) is 4.75. The summed E-state index contributed by atoms with van der Waals surface area (Å²) in [6.45, 7) is 5.73. The number of carboxylic acid groups (broad SMARTS) is 1. The first kappa shape index (κ1) is 15.7. The van der Waals surface area contributed by atoms with Gasteiger partial charge in [0, 0.05) is 19.6 Å². The van der Waals surface area contributed by atoms with Gasteiger partial charge in [0.15, 0.2) is 0 Å². The van der Waals surface area contributed by atoms with Crippen molar-refractivity contribution in [2.75, 3.05) is 32.8 Å². The molecule has 0 aromatic heterocycles. The van der Waals surface area contributed by atoms with E-state index in [-0.39, 0.29) is 26.3 Å². The van der Waals surface area contributed by atoms with Gasteiger partial charge in [0.2, 0.25) is 0 Å². The average molecular weight is 274 g/mol. The molecule has 1 rings (SSSR count). The molecule has 7 heteroatoms. The van der Waals surface area contributed by atoms with Crippen molar-refractivity contribution in [2.24, 2.45) is 11.1 Å². The summed E-state index contributed by atoms with van der Waals surface area (Å²) in [6, 6.07) is 0. The van der Waals surface area contributed by atoms with Gasteiger partial charge in [-0.3, -0.25) is 4.79 Å². The van der Waals surface area contributed by atoms with Gasteiger partial charge in [0.05, 0.1) is 13.2 Å². The van der Waals surface area contributed by atoms with Crippen molar-refractivity contribution < 1.29 is 24.2 Å². The Morgan fingerprint density at radius 2 is 2.11 bits per heavy atom. The highest BCUT2D eigenvalue weighted by Gasteiger charge is 2.43. The number of aliphatic carboxylic acids is 1. The summed E-state index contributed by atoms with van der Waals surface area (Å²) >= 11 is 0. The Bertz CT molecular complexity index is 353. The summed E-state index contributed by atoms with van der Waals surface area (Å²) in [7, 11) is 0. The lowest BCUT2D eigenvalue weighted by Crippen LogP contribution is -2.51. The Morgan fingerprint density at radius 1 is 1.47 bits per heavy atom. The van der Waals surface area contributed by atoms with Gasteiger partial charge in [0.1, 0.15) is 11.0 Å². The van der Waals surface area contributed by atoms with Crippen LogP contribution in [0.5, 0.6) is 0 Å². The second-order valence-corrected chi connectivity index (χ2v) is 5.74. The molecule has 1 saturated heterocycles. The molecule has 0 saturated carbocycles. The van der Waals surface area contributed by atoms with E-state index >= 15 is 0 Å². The summed E-state index contributed by atoms with van der Waals surface area (Å²) in [4.78, 5) is 24.7. The molecule has 0 aromatic carbocycles. The van der Waals surface area contributed by atoms with E-state index in [1.54, 1.807) is 20.8 Å². The van der Waals surface area contributed by atoms with Crippen molar-refractivity contribution in [3.63, 3.8) is 0 Å². The predicted molar refractivity (Wildman–Crippen MR) is 67.7 cm³/mol. The summed E-state index contributed by atoms with van der Waals surface area (Å²) in [5, 5.41) is 9.31. The Labute approximate surface area is 112 Å². The van der Waals surface area contributed by atoms with Gasteiger partial charge in [0.25, 0.3) is 0 Å². The van der Waals surface area contributed by atoms with E-state index in [1.165, 1.54) is 4.90 Å². The number of carboxylic acids is 1. The minimum Gasteiger partial charge on any atom is -0.481 e. The number of ether oxygens (including phenoxy) is 2. The third-order valence-electron chi connectivity index (χ3n) is 2.87. The van der Waals surface area contributed by atoms with Crippen LogP contribution in [0.1, 0.15) is 20.8 Å². The predicted octanol–water partition coefficient (Wildman–Crippen LogP) is 0.283. The zero-order valence-corrected chi connectivity index (χ0v) is 11.6. The standard InChI is InChI=1S/C12H22N2O5/c1-11(2,3)19-10(17)14-4-5-18-8-12(6-13,7-14)9(15)16/h4-8,13H2,1-3H3,(H,15,16). The van der Waals surface area contributed by atoms with E-state index in [0.29, 0.717) is 6.54 Å². The van der Waals surface area contributed by atoms with Crippen molar-refractivity contribution in [1.29, 1.82) is 0 Å². The Morgan fingerprint density at radius 3 is 2.58 bits per heavy atom. The van der Waals surface area contributed by atoms with Crippen LogP contribution < -0.4 is 5.73 Å². The molecular weight excluding hydrogens is 252 g/mol. The topological polar surface area (TPSA) is 102 Å². The first-order valence-electron chi connectivity index (χ1n) is 6.19. The fraction of sp³-hybridized carbons (Fsp3) is 0.833. The molecule has 110 valence electrons. The quantitative estimate of drug-likeness (QED) is 0.750. The Hall–Kier alpha value is -1.34. The van der Waals surface area contributed by atoms with E-state index in [4.69, 9.17) is 15.2 Å². The highest BCUT2D eigenvalue weighted by atomic mass is 16.6. The molecular formula is C12H22N2O5.